The molecule has 1 aliphatic carbocycles. The second-order valence-corrected chi connectivity index (χ2v) is 10.8. The van der Waals surface area contributed by atoms with E-state index >= 15 is 0 Å². The van der Waals surface area contributed by atoms with Crippen LogP contribution in [0.1, 0.15) is 54.5 Å². The number of pyridine rings is 1. The lowest BCUT2D eigenvalue weighted by Gasteiger charge is -2.45. The molecule has 1 aromatic carbocycles. The van der Waals surface area contributed by atoms with Crippen LogP contribution in [0, 0.1) is 11.2 Å². The molecule has 1 atom stereocenters. The van der Waals surface area contributed by atoms with E-state index in [2.05, 4.69) is 10.1 Å². The van der Waals surface area contributed by atoms with E-state index in [1.54, 1.807) is 49.9 Å². The summed E-state index contributed by atoms with van der Waals surface area (Å²) in [5.41, 5.74) is -0.850. The molecule has 0 spiro atoms. The minimum Gasteiger partial charge on any atom is -0.444 e. The number of carbonyl (C=O) groups is 2. The third-order valence-electron chi connectivity index (χ3n) is 6.89. The van der Waals surface area contributed by atoms with Crippen LogP contribution < -0.4 is 0 Å². The van der Waals surface area contributed by atoms with Gasteiger partial charge in [-0.25, -0.2) is 13.9 Å². The normalized spacial score (nSPS) is 19.2. The Balaban J connectivity index is 1.59. The van der Waals surface area contributed by atoms with E-state index in [1.807, 2.05) is 0 Å². The SMILES string of the molecule is CC(C)(C)OC(=O)N1CCC2=Cc3c(cnn3-c3ccc(F)cc3)CC2(C(=O)c2cc(C(F)(F)F)ccn2)C1. The van der Waals surface area contributed by atoms with Gasteiger partial charge in [0.2, 0.25) is 0 Å². The Bertz CT molecular complexity index is 1470. The number of hydrogen-bond donors (Lipinski definition) is 0. The largest absolute Gasteiger partial charge is 0.444 e. The maximum absolute atomic E-state index is 14.1. The fourth-order valence-corrected chi connectivity index (χ4v) is 5.10. The predicted octanol–water partition coefficient (Wildman–Crippen LogP) is 5.87. The Morgan fingerprint density at radius 1 is 1.08 bits per heavy atom. The smallest absolute Gasteiger partial charge is 0.416 e. The molecule has 0 radical (unpaired) electrons. The van der Waals surface area contributed by atoms with Gasteiger partial charge in [0.1, 0.15) is 17.1 Å². The molecule has 2 aliphatic rings. The zero-order chi connectivity index (χ0) is 28.2. The summed E-state index contributed by atoms with van der Waals surface area (Å²) in [7, 11) is 0. The number of likely N-dealkylation sites (tertiary alicyclic amines) is 1. The van der Waals surface area contributed by atoms with Crippen LogP contribution in [0.3, 0.4) is 0 Å². The number of benzene rings is 1. The number of halogens is 4. The third kappa shape index (κ3) is 5.05. The van der Waals surface area contributed by atoms with Crippen LogP contribution >= 0.6 is 0 Å². The first-order valence-electron chi connectivity index (χ1n) is 12.4. The van der Waals surface area contributed by atoms with Crippen molar-refractivity contribution in [3.63, 3.8) is 0 Å². The van der Waals surface area contributed by atoms with Crippen molar-refractivity contribution in [2.45, 2.75) is 45.4 Å². The van der Waals surface area contributed by atoms with Gasteiger partial charge < -0.3 is 9.64 Å². The zero-order valence-corrected chi connectivity index (χ0v) is 21.6. The van der Waals surface area contributed by atoms with Crippen LogP contribution in [0.15, 0.2) is 54.4 Å². The summed E-state index contributed by atoms with van der Waals surface area (Å²) in [6.45, 7) is 5.34. The first-order chi connectivity index (χ1) is 18.3. The molecule has 1 amide bonds. The molecule has 1 aliphatic heterocycles. The Morgan fingerprint density at radius 2 is 1.79 bits per heavy atom. The highest BCUT2D eigenvalue weighted by atomic mass is 19.4. The van der Waals surface area contributed by atoms with Crippen LogP contribution in [0.4, 0.5) is 22.4 Å². The number of hydrogen-bond acceptors (Lipinski definition) is 5. The van der Waals surface area contributed by atoms with E-state index in [9.17, 15) is 27.2 Å². The van der Waals surface area contributed by atoms with Gasteiger partial charge in [-0.2, -0.15) is 18.3 Å². The third-order valence-corrected chi connectivity index (χ3v) is 6.89. The summed E-state index contributed by atoms with van der Waals surface area (Å²) in [4.78, 5) is 32.5. The van der Waals surface area contributed by atoms with Gasteiger partial charge in [0.05, 0.1) is 28.6 Å². The highest BCUT2D eigenvalue weighted by Gasteiger charge is 2.51. The van der Waals surface area contributed by atoms with Crippen molar-refractivity contribution in [3.05, 3.63) is 82.7 Å². The standard InChI is InChI=1S/C28H26F4N4O3/c1-26(2,3)39-25(38)35-11-9-18-13-23-17(15-34-36(23)21-6-4-20(29)5-7-21)14-27(18,16-35)24(37)22-12-19(8-10-33-22)28(30,31)32/h4-8,10,12-13,15H,9,11,14,16H2,1-3H3. The highest BCUT2D eigenvalue weighted by Crippen LogP contribution is 2.46. The van der Waals surface area contributed by atoms with Gasteiger partial charge >= 0.3 is 12.3 Å². The van der Waals surface area contributed by atoms with E-state index in [4.69, 9.17) is 4.74 Å². The monoisotopic (exact) mass is 542 g/mol. The molecule has 1 fully saturated rings. The molecule has 0 bridgehead atoms. The molecular formula is C28H26F4N4O3. The van der Waals surface area contributed by atoms with Crippen LogP contribution in [-0.2, 0) is 17.3 Å². The Hall–Kier alpha value is -4.02. The fourth-order valence-electron chi connectivity index (χ4n) is 5.10. The van der Waals surface area contributed by atoms with Crippen molar-refractivity contribution in [1.29, 1.82) is 0 Å². The Kier molecular flexibility index (Phi) is 6.35. The Morgan fingerprint density at radius 3 is 2.46 bits per heavy atom. The second kappa shape index (κ2) is 9.32. The van der Waals surface area contributed by atoms with Crippen molar-refractivity contribution in [3.8, 4) is 5.69 Å². The predicted molar refractivity (Wildman–Crippen MR) is 134 cm³/mol. The Labute approximate surface area is 222 Å². The molecule has 204 valence electrons. The number of ketones is 1. The lowest BCUT2D eigenvalue weighted by molar-refractivity contribution is -0.137. The molecule has 11 heteroatoms. The molecule has 5 rings (SSSR count). The molecule has 0 N–H and O–H groups in total. The van der Waals surface area contributed by atoms with Gasteiger partial charge in [-0.05, 0) is 81.7 Å². The number of nitrogens with zero attached hydrogens (tertiary/aromatic N) is 4. The van der Waals surface area contributed by atoms with E-state index in [0.717, 1.165) is 18.3 Å². The summed E-state index contributed by atoms with van der Waals surface area (Å²) >= 11 is 0. The maximum Gasteiger partial charge on any atom is 0.416 e. The number of amides is 1. The van der Waals surface area contributed by atoms with Gasteiger partial charge in [0.25, 0.3) is 0 Å². The van der Waals surface area contributed by atoms with Gasteiger partial charge in [0.15, 0.2) is 5.78 Å². The van der Waals surface area contributed by atoms with Gasteiger partial charge in [-0.1, -0.05) is 5.57 Å². The number of aromatic nitrogens is 3. The number of alkyl halides is 3. The van der Waals surface area contributed by atoms with Gasteiger partial charge in [-0.15, -0.1) is 0 Å². The first kappa shape index (κ1) is 26.6. The van der Waals surface area contributed by atoms with E-state index in [-0.39, 0.29) is 31.6 Å². The van der Waals surface area contributed by atoms with Crippen LogP contribution in [0.2, 0.25) is 0 Å². The van der Waals surface area contributed by atoms with Crippen molar-refractivity contribution in [1.82, 2.24) is 19.7 Å². The zero-order valence-electron chi connectivity index (χ0n) is 21.6. The van der Waals surface area contributed by atoms with Crippen molar-refractivity contribution >= 4 is 18.0 Å². The first-order valence-corrected chi connectivity index (χ1v) is 12.4. The number of Topliss-reactive ketones (excluding diaryl/α,β-unsaturated/α-hetero) is 1. The van der Waals surface area contributed by atoms with Gasteiger partial charge in [-0.3, -0.25) is 9.78 Å². The summed E-state index contributed by atoms with van der Waals surface area (Å²) in [6, 6.07) is 7.33. The summed E-state index contributed by atoms with van der Waals surface area (Å²) < 4.78 is 61.0. The maximum atomic E-state index is 14.1. The number of piperidine rings is 1. The lowest BCUT2D eigenvalue weighted by Crippen LogP contribution is -2.54. The lowest BCUT2D eigenvalue weighted by atomic mass is 9.65. The molecule has 7 nitrogen and oxygen atoms in total. The summed E-state index contributed by atoms with van der Waals surface area (Å²) in [5.74, 6) is -1.01. The molecule has 3 heterocycles. The van der Waals surface area contributed by atoms with Crippen molar-refractivity contribution in [2.75, 3.05) is 13.1 Å². The van der Waals surface area contributed by atoms with Crippen molar-refractivity contribution in [2.24, 2.45) is 5.41 Å². The average molecular weight is 543 g/mol. The summed E-state index contributed by atoms with van der Waals surface area (Å²) in [6.07, 6.45) is -0.549. The summed E-state index contributed by atoms with van der Waals surface area (Å²) in [5, 5.41) is 4.44. The van der Waals surface area contributed by atoms with E-state index < -0.39 is 40.4 Å². The highest BCUT2D eigenvalue weighted by molar-refractivity contribution is 6.03. The molecule has 3 aromatic rings. The quantitative estimate of drug-likeness (QED) is 0.305. The van der Waals surface area contributed by atoms with Gasteiger partial charge in [0, 0.05) is 19.3 Å². The fraction of sp³-hybridized carbons (Fsp3) is 0.357. The molecule has 1 unspecified atom stereocenters. The molecule has 2 aromatic heterocycles. The number of fused-ring (bicyclic) bond motifs is 2. The second-order valence-electron chi connectivity index (χ2n) is 10.8. The minimum absolute atomic E-state index is 0.0887. The topological polar surface area (TPSA) is 77.3 Å². The van der Waals surface area contributed by atoms with Crippen LogP contribution in [-0.4, -0.2) is 50.2 Å². The molecule has 1 saturated heterocycles. The van der Waals surface area contributed by atoms with E-state index in [0.29, 0.717) is 22.5 Å². The van der Waals surface area contributed by atoms with Crippen LogP contribution in [0.25, 0.3) is 11.8 Å². The average Bonchev–Trinajstić information content (AvgIpc) is 3.27. The number of rotatable bonds is 3. The molecule has 0 saturated carbocycles. The minimum atomic E-state index is -4.65. The van der Waals surface area contributed by atoms with E-state index in [1.165, 1.54) is 17.0 Å². The molecular weight excluding hydrogens is 516 g/mol. The van der Waals surface area contributed by atoms with Crippen molar-refractivity contribution < 1.29 is 31.9 Å². The number of ether oxygens (including phenoxy) is 1. The number of carbonyl (C=O) groups excluding carboxylic acids is 2. The van der Waals surface area contributed by atoms with Crippen LogP contribution in [0.5, 0.6) is 0 Å². The molecule has 39 heavy (non-hydrogen) atoms.